The van der Waals surface area contributed by atoms with Gasteiger partial charge in [0.15, 0.2) is 0 Å². The van der Waals surface area contributed by atoms with Crippen molar-refractivity contribution in [2.45, 2.75) is 30.8 Å². The normalized spacial score (nSPS) is 14.0. The average molecular weight is 322 g/mol. The van der Waals surface area contributed by atoms with Crippen LogP contribution in [-0.4, -0.2) is 28.0 Å². The van der Waals surface area contributed by atoms with Crippen LogP contribution in [0.3, 0.4) is 0 Å². The molecular formula is C14H18N4OS2. The zero-order valence-corrected chi connectivity index (χ0v) is 13.5. The first-order valence-corrected chi connectivity index (χ1v) is 8.83. The second-order valence-electron chi connectivity index (χ2n) is 4.76. The lowest BCUT2D eigenvalue weighted by atomic mass is 10.3. The number of nitrogens with one attached hydrogen (secondary N) is 2. The summed E-state index contributed by atoms with van der Waals surface area (Å²) in [4.78, 5) is 12.9. The van der Waals surface area contributed by atoms with Gasteiger partial charge >= 0.3 is 0 Å². The summed E-state index contributed by atoms with van der Waals surface area (Å²) in [6.45, 7) is 5.29. The van der Waals surface area contributed by atoms with Crippen LogP contribution in [0.2, 0.25) is 0 Å². The largest absolute Gasteiger partial charge is 0.346 e. The molecule has 0 aliphatic carbocycles. The van der Waals surface area contributed by atoms with Crippen LogP contribution in [0.5, 0.6) is 0 Å². The highest BCUT2D eigenvalue weighted by Gasteiger charge is 2.13. The van der Waals surface area contributed by atoms with Crippen molar-refractivity contribution in [3.8, 4) is 0 Å². The van der Waals surface area contributed by atoms with Gasteiger partial charge in [-0.25, -0.2) is 0 Å². The molecule has 1 amide bonds. The molecule has 112 valence electrons. The van der Waals surface area contributed by atoms with E-state index in [0.717, 1.165) is 36.0 Å². The number of fused-ring (bicyclic) bond motifs is 1. The van der Waals surface area contributed by atoms with E-state index in [-0.39, 0.29) is 5.91 Å². The summed E-state index contributed by atoms with van der Waals surface area (Å²) >= 11 is 3.31. The molecule has 0 bridgehead atoms. The van der Waals surface area contributed by atoms with Gasteiger partial charge in [0.2, 0.25) is 0 Å². The Labute approximate surface area is 132 Å². The zero-order valence-electron chi connectivity index (χ0n) is 11.9. The van der Waals surface area contributed by atoms with Gasteiger partial charge in [0, 0.05) is 13.1 Å². The monoisotopic (exact) mass is 322 g/mol. The molecule has 7 heteroatoms. The highest BCUT2D eigenvalue weighted by molar-refractivity contribution is 8.01. The maximum atomic E-state index is 12.1. The lowest BCUT2D eigenvalue weighted by Gasteiger charge is -2.13. The van der Waals surface area contributed by atoms with Gasteiger partial charge in [-0.2, -0.15) is 5.10 Å². The lowest BCUT2D eigenvalue weighted by molar-refractivity contribution is 0.0954. The minimum atomic E-state index is -0.0212. The molecule has 0 saturated carbocycles. The van der Waals surface area contributed by atoms with Gasteiger partial charge in [-0.15, -0.1) is 23.1 Å². The lowest BCUT2D eigenvalue weighted by Crippen LogP contribution is -2.28. The summed E-state index contributed by atoms with van der Waals surface area (Å²) in [5.74, 6) is 1.00. The number of carbonyl (C=O) groups excluding carboxylic acids is 1. The number of carbonyl (C=O) groups is 1. The fourth-order valence-corrected chi connectivity index (χ4v) is 4.22. The van der Waals surface area contributed by atoms with Crippen molar-refractivity contribution in [1.82, 2.24) is 20.4 Å². The molecule has 3 heterocycles. The minimum Gasteiger partial charge on any atom is -0.346 e. The molecule has 0 radical (unpaired) electrons. The summed E-state index contributed by atoms with van der Waals surface area (Å²) in [5.41, 5.74) is 2.10. The molecule has 2 N–H and O–H groups in total. The van der Waals surface area contributed by atoms with Crippen molar-refractivity contribution in [3.05, 3.63) is 34.5 Å². The van der Waals surface area contributed by atoms with E-state index in [1.807, 2.05) is 16.8 Å². The first kappa shape index (κ1) is 14.6. The summed E-state index contributed by atoms with van der Waals surface area (Å²) in [6.07, 6.45) is 0. The summed E-state index contributed by atoms with van der Waals surface area (Å²) < 4.78 is 3.20. The van der Waals surface area contributed by atoms with Gasteiger partial charge in [0.05, 0.1) is 33.6 Å². The molecule has 0 spiro atoms. The molecule has 0 fully saturated rings. The van der Waals surface area contributed by atoms with E-state index in [9.17, 15) is 4.79 Å². The highest BCUT2D eigenvalue weighted by Crippen LogP contribution is 2.26. The second kappa shape index (κ2) is 6.64. The third-order valence-corrected chi connectivity index (χ3v) is 5.43. The van der Waals surface area contributed by atoms with Crippen molar-refractivity contribution in [2.75, 3.05) is 12.3 Å². The third kappa shape index (κ3) is 3.48. The van der Waals surface area contributed by atoms with Crippen LogP contribution < -0.4 is 10.6 Å². The van der Waals surface area contributed by atoms with Crippen LogP contribution in [0.4, 0.5) is 0 Å². The van der Waals surface area contributed by atoms with Crippen molar-refractivity contribution in [2.24, 2.45) is 0 Å². The van der Waals surface area contributed by atoms with Crippen molar-refractivity contribution < 1.29 is 4.79 Å². The Morgan fingerprint density at radius 3 is 3.29 bits per heavy atom. The molecule has 2 aromatic rings. The van der Waals surface area contributed by atoms with E-state index < -0.39 is 0 Å². The van der Waals surface area contributed by atoms with Gasteiger partial charge in [0.25, 0.3) is 5.91 Å². The van der Waals surface area contributed by atoms with E-state index in [1.165, 1.54) is 9.90 Å². The summed E-state index contributed by atoms with van der Waals surface area (Å²) in [6, 6.07) is 5.95. The molecule has 21 heavy (non-hydrogen) atoms. The maximum absolute atomic E-state index is 12.1. The van der Waals surface area contributed by atoms with E-state index in [2.05, 4.69) is 28.7 Å². The highest BCUT2D eigenvalue weighted by atomic mass is 32.2. The molecule has 2 aromatic heterocycles. The van der Waals surface area contributed by atoms with Gasteiger partial charge in [-0.05, 0) is 24.0 Å². The zero-order chi connectivity index (χ0) is 14.7. The number of thioether (sulfide) groups is 1. The molecule has 1 aliphatic rings. The van der Waals surface area contributed by atoms with E-state index in [0.29, 0.717) is 6.54 Å². The smallest absolute Gasteiger partial charge is 0.261 e. The van der Waals surface area contributed by atoms with Crippen molar-refractivity contribution in [1.29, 1.82) is 0 Å². The Morgan fingerprint density at radius 1 is 1.57 bits per heavy atom. The van der Waals surface area contributed by atoms with Crippen LogP contribution >= 0.6 is 23.1 Å². The van der Waals surface area contributed by atoms with Gasteiger partial charge in [0.1, 0.15) is 0 Å². The fourth-order valence-electron chi connectivity index (χ4n) is 2.26. The van der Waals surface area contributed by atoms with Gasteiger partial charge in [-0.3, -0.25) is 9.48 Å². The molecule has 1 aliphatic heterocycles. The topological polar surface area (TPSA) is 59.0 Å². The number of nitrogens with zero attached hydrogens (tertiary/aromatic N) is 2. The number of hydrogen-bond acceptors (Lipinski definition) is 5. The van der Waals surface area contributed by atoms with Crippen molar-refractivity contribution in [3.63, 3.8) is 0 Å². The summed E-state index contributed by atoms with van der Waals surface area (Å²) in [5, 5.41) is 10.8. The molecule has 0 saturated heterocycles. The molecular weight excluding hydrogens is 304 g/mol. The molecule has 5 nitrogen and oxygen atoms in total. The quantitative estimate of drug-likeness (QED) is 0.828. The van der Waals surface area contributed by atoms with E-state index in [1.54, 1.807) is 23.1 Å². The Kier molecular flexibility index (Phi) is 4.62. The molecule has 0 atom stereocenters. The van der Waals surface area contributed by atoms with E-state index >= 15 is 0 Å². The fraction of sp³-hybridized carbons (Fsp3) is 0.429. The number of thiophene rings is 1. The minimum absolute atomic E-state index is 0.0212. The van der Waals surface area contributed by atoms with Crippen LogP contribution in [0, 0.1) is 0 Å². The molecule has 3 rings (SSSR count). The van der Waals surface area contributed by atoms with Gasteiger partial charge in [-0.1, -0.05) is 6.92 Å². The Bertz CT molecular complexity index is 611. The van der Waals surface area contributed by atoms with Crippen molar-refractivity contribution >= 4 is 29.0 Å². The number of amides is 1. The first-order valence-electron chi connectivity index (χ1n) is 7.03. The number of aromatic nitrogens is 2. The van der Waals surface area contributed by atoms with Crippen LogP contribution in [0.25, 0.3) is 0 Å². The average Bonchev–Trinajstić information content (AvgIpc) is 3.11. The second-order valence-corrected chi connectivity index (χ2v) is 7.41. The third-order valence-electron chi connectivity index (χ3n) is 3.24. The SMILES string of the molecule is CCSc1ccc(C(=O)NCc2cc3n(n2)CCNC3)s1. The van der Waals surface area contributed by atoms with Crippen LogP contribution in [0.1, 0.15) is 28.0 Å². The Balaban J connectivity index is 1.58. The molecule has 0 aromatic carbocycles. The maximum Gasteiger partial charge on any atom is 0.261 e. The number of hydrogen-bond donors (Lipinski definition) is 2. The van der Waals surface area contributed by atoms with Gasteiger partial charge < -0.3 is 10.6 Å². The van der Waals surface area contributed by atoms with E-state index in [4.69, 9.17) is 0 Å². The van der Waals surface area contributed by atoms with Crippen LogP contribution in [-0.2, 0) is 19.6 Å². The predicted octanol–water partition coefficient (Wildman–Crippen LogP) is 2.09. The Hall–Kier alpha value is -1.31. The molecule has 0 unspecified atom stereocenters. The number of rotatable bonds is 5. The van der Waals surface area contributed by atoms with Crippen LogP contribution in [0.15, 0.2) is 22.4 Å². The first-order chi connectivity index (χ1) is 10.3. The predicted molar refractivity (Wildman–Crippen MR) is 85.8 cm³/mol. The standard InChI is InChI=1S/C14H18N4OS2/c1-2-20-13-4-3-12(21-13)14(19)16-8-10-7-11-9-15-5-6-18(11)17-10/h3-4,7,15H,2,5-6,8-9H2,1H3,(H,16,19). The Morgan fingerprint density at radius 2 is 2.48 bits per heavy atom. The summed E-state index contributed by atoms with van der Waals surface area (Å²) in [7, 11) is 0.